The quantitative estimate of drug-likeness (QED) is 0.180. The van der Waals surface area contributed by atoms with E-state index in [4.69, 9.17) is 5.11 Å². The summed E-state index contributed by atoms with van der Waals surface area (Å²) in [6.45, 7) is 4.68. The Morgan fingerprint density at radius 3 is 1.62 bits per heavy atom. The summed E-state index contributed by atoms with van der Waals surface area (Å²) in [5.74, 6) is -1.16. The maximum atomic E-state index is 12.4. The number of carboxylic acids is 1. The number of carbonyl (C=O) groups excluding carboxylic acids is 1. The van der Waals surface area contributed by atoms with Gasteiger partial charge in [0.05, 0.1) is 12.5 Å². The van der Waals surface area contributed by atoms with Gasteiger partial charge in [0.25, 0.3) is 5.91 Å². The summed E-state index contributed by atoms with van der Waals surface area (Å²) in [7, 11) is 0. The maximum absolute atomic E-state index is 12.4. The van der Waals surface area contributed by atoms with Gasteiger partial charge in [-0.25, -0.2) is 5.01 Å². The number of amides is 1. The lowest BCUT2D eigenvalue weighted by molar-refractivity contribution is -0.140. The van der Waals surface area contributed by atoms with E-state index in [1.807, 2.05) is 5.01 Å². The van der Waals surface area contributed by atoms with Gasteiger partial charge in [-0.15, -0.1) is 0 Å². The molecule has 6 heteroatoms. The van der Waals surface area contributed by atoms with Gasteiger partial charge >= 0.3 is 5.97 Å². The van der Waals surface area contributed by atoms with E-state index in [2.05, 4.69) is 17.7 Å². The summed E-state index contributed by atoms with van der Waals surface area (Å²) < 4.78 is 0. The van der Waals surface area contributed by atoms with Crippen LogP contribution in [-0.2, 0) is 9.59 Å². The molecule has 0 aliphatic carbocycles. The van der Waals surface area contributed by atoms with Crippen molar-refractivity contribution in [3.8, 4) is 0 Å². The minimum atomic E-state index is -0.939. The standard InChI is InChI=1S/C26H51N3O3/c1-2-3-4-5-6-7-8-9-10-11-12-13-14-15-16-17-20-27-24(23-25(30)31)26(32)28-29-21-18-19-22-29/h24,27H,2-23H2,1H3,(H,28,32)(H,30,31). The fourth-order valence-corrected chi connectivity index (χ4v) is 4.44. The van der Waals surface area contributed by atoms with Crippen molar-refractivity contribution in [1.82, 2.24) is 15.8 Å². The van der Waals surface area contributed by atoms with Gasteiger partial charge in [0.2, 0.25) is 0 Å². The Balaban J connectivity index is 1.91. The van der Waals surface area contributed by atoms with E-state index in [1.54, 1.807) is 0 Å². The molecule has 1 rings (SSSR count). The molecule has 188 valence electrons. The van der Waals surface area contributed by atoms with E-state index in [-0.39, 0.29) is 12.3 Å². The second-order valence-corrected chi connectivity index (χ2v) is 9.58. The zero-order valence-corrected chi connectivity index (χ0v) is 20.8. The topological polar surface area (TPSA) is 81.7 Å². The molecule has 6 nitrogen and oxygen atoms in total. The van der Waals surface area contributed by atoms with Crippen LogP contribution in [0.2, 0.25) is 0 Å². The second kappa shape index (κ2) is 20.5. The van der Waals surface area contributed by atoms with Crippen LogP contribution >= 0.6 is 0 Å². The van der Waals surface area contributed by atoms with E-state index in [0.717, 1.165) is 38.8 Å². The lowest BCUT2D eigenvalue weighted by atomic mass is 10.0. The smallest absolute Gasteiger partial charge is 0.305 e. The van der Waals surface area contributed by atoms with Crippen LogP contribution in [0.25, 0.3) is 0 Å². The summed E-state index contributed by atoms with van der Waals surface area (Å²) in [4.78, 5) is 23.5. The molecule has 3 N–H and O–H groups in total. The zero-order valence-electron chi connectivity index (χ0n) is 20.8. The Morgan fingerprint density at radius 2 is 1.19 bits per heavy atom. The van der Waals surface area contributed by atoms with Gasteiger partial charge in [-0.2, -0.15) is 0 Å². The molecular formula is C26H51N3O3. The zero-order chi connectivity index (χ0) is 23.3. The molecule has 1 fully saturated rings. The van der Waals surface area contributed by atoms with E-state index < -0.39 is 12.0 Å². The first-order valence-electron chi connectivity index (χ1n) is 13.6. The van der Waals surface area contributed by atoms with Crippen molar-refractivity contribution in [3.05, 3.63) is 0 Å². The van der Waals surface area contributed by atoms with Crippen molar-refractivity contribution in [2.24, 2.45) is 0 Å². The number of hydrogen-bond donors (Lipinski definition) is 3. The number of hydrazine groups is 1. The highest BCUT2D eigenvalue weighted by Gasteiger charge is 2.23. The van der Waals surface area contributed by atoms with Crippen molar-refractivity contribution < 1.29 is 14.7 Å². The SMILES string of the molecule is CCCCCCCCCCCCCCCCCCNC(CC(=O)O)C(=O)NN1CCCC1. The first-order chi connectivity index (χ1) is 15.6. The van der Waals surface area contributed by atoms with Crippen molar-refractivity contribution in [1.29, 1.82) is 0 Å². The van der Waals surface area contributed by atoms with Crippen molar-refractivity contribution >= 4 is 11.9 Å². The Labute approximate surface area is 197 Å². The fourth-order valence-electron chi connectivity index (χ4n) is 4.44. The third-order valence-corrected chi connectivity index (χ3v) is 6.49. The van der Waals surface area contributed by atoms with Gasteiger partial charge in [0.15, 0.2) is 0 Å². The number of rotatable bonds is 22. The molecule has 0 aromatic rings. The van der Waals surface area contributed by atoms with Crippen LogP contribution in [0.4, 0.5) is 0 Å². The first-order valence-corrected chi connectivity index (χ1v) is 13.6. The van der Waals surface area contributed by atoms with Crippen LogP contribution in [-0.4, -0.2) is 47.7 Å². The fraction of sp³-hybridized carbons (Fsp3) is 0.923. The molecule has 1 atom stereocenters. The Kier molecular flexibility index (Phi) is 18.5. The lowest BCUT2D eigenvalue weighted by Gasteiger charge is -2.21. The number of aliphatic carboxylic acids is 1. The third-order valence-electron chi connectivity index (χ3n) is 6.49. The molecule has 1 aliphatic rings. The number of nitrogens with one attached hydrogen (secondary N) is 2. The summed E-state index contributed by atoms with van der Waals surface area (Å²) in [6, 6.07) is -0.649. The maximum Gasteiger partial charge on any atom is 0.305 e. The van der Waals surface area contributed by atoms with Crippen molar-refractivity contribution in [2.45, 2.75) is 135 Å². The Morgan fingerprint density at radius 1 is 0.750 bits per heavy atom. The molecule has 32 heavy (non-hydrogen) atoms. The van der Waals surface area contributed by atoms with Crippen LogP contribution in [0.1, 0.15) is 129 Å². The van der Waals surface area contributed by atoms with Gasteiger partial charge < -0.3 is 10.4 Å². The predicted molar refractivity (Wildman–Crippen MR) is 133 cm³/mol. The molecule has 1 saturated heterocycles. The van der Waals surface area contributed by atoms with Crippen LogP contribution < -0.4 is 10.7 Å². The molecule has 1 unspecified atom stereocenters. The Hall–Kier alpha value is -1.14. The molecule has 0 bridgehead atoms. The van der Waals surface area contributed by atoms with E-state index in [9.17, 15) is 9.59 Å². The normalized spacial score (nSPS) is 15.2. The lowest BCUT2D eigenvalue weighted by Crippen LogP contribution is -2.51. The summed E-state index contributed by atoms with van der Waals surface area (Å²) in [6.07, 6.45) is 23.3. The van der Waals surface area contributed by atoms with E-state index in [1.165, 1.54) is 89.9 Å². The highest BCUT2D eigenvalue weighted by Crippen LogP contribution is 2.13. The van der Waals surface area contributed by atoms with Gasteiger partial charge in [-0.1, -0.05) is 103 Å². The van der Waals surface area contributed by atoms with Crippen LogP contribution in [0.15, 0.2) is 0 Å². The highest BCUT2D eigenvalue weighted by molar-refractivity contribution is 5.85. The van der Waals surface area contributed by atoms with Crippen molar-refractivity contribution in [3.63, 3.8) is 0 Å². The summed E-state index contributed by atoms with van der Waals surface area (Å²) in [5, 5.41) is 14.2. The molecule has 0 saturated carbocycles. The third kappa shape index (κ3) is 16.5. The van der Waals surface area contributed by atoms with Gasteiger partial charge in [0, 0.05) is 13.1 Å². The molecule has 1 amide bonds. The summed E-state index contributed by atoms with van der Waals surface area (Å²) >= 11 is 0. The van der Waals surface area contributed by atoms with Gasteiger partial charge in [-0.3, -0.25) is 15.0 Å². The molecule has 1 heterocycles. The van der Waals surface area contributed by atoms with E-state index >= 15 is 0 Å². The molecule has 1 aliphatic heterocycles. The van der Waals surface area contributed by atoms with E-state index in [0.29, 0.717) is 6.54 Å². The summed E-state index contributed by atoms with van der Waals surface area (Å²) in [5.41, 5.74) is 2.86. The van der Waals surface area contributed by atoms with Crippen LogP contribution in [0.5, 0.6) is 0 Å². The molecule has 0 spiro atoms. The van der Waals surface area contributed by atoms with Crippen LogP contribution in [0.3, 0.4) is 0 Å². The molecule has 0 radical (unpaired) electrons. The number of hydrogen-bond acceptors (Lipinski definition) is 4. The Bertz CT molecular complexity index is 467. The monoisotopic (exact) mass is 453 g/mol. The average molecular weight is 454 g/mol. The minimum Gasteiger partial charge on any atom is -0.481 e. The number of unbranched alkanes of at least 4 members (excludes halogenated alkanes) is 15. The number of nitrogens with zero attached hydrogens (tertiary/aromatic N) is 1. The number of carboxylic acid groups (broad SMARTS) is 1. The van der Waals surface area contributed by atoms with Crippen molar-refractivity contribution in [2.75, 3.05) is 19.6 Å². The average Bonchev–Trinajstić information content (AvgIpc) is 3.27. The first kappa shape index (κ1) is 28.9. The van der Waals surface area contributed by atoms with Crippen LogP contribution in [0, 0.1) is 0 Å². The molecular weight excluding hydrogens is 402 g/mol. The highest BCUT2D eigenvalue weighted by atomic mass is 16.4. The minimum absolute atomic E-state index is 0.168. The van der Waals surface area contributed by atoms with Gasteiger partial charge in [0.1, 0.15) is 0 Å². The second-order valence-electron chi connectivity index (χ2n) is 9.58. The molecule has 0 aromatic heterocycles. The number of carbonyl (C=O) groups is 2. The van der Waals surface area contributed by atoms with Gasteiger partial charge in [-0.05, 0) is 25.8 Å². The molecule has 0 aromatic carbocycles. The largest absolute Gasteiger partial charge is 0.481 e. The predicted octanol–water partition coefficient (Wildman–Crippen LogP) is 5.81.